The Morgan fingerprint density at radius 2 is 1.87 bits per heavy atom. The SMILES string of the molecule is C=C1CCCCc2c(cc(N)c(F)c2Cl)-c2ccc3c(nc(CC[C@@]45CCCN4CC(F)C5)nc3c2F)N2CCCC(CCN1)C2. The Balaban J connectivity index is 1.34. The lowest BCUT2D eigenvalue weighted by Gasteiger charge is -2.35. The third-order valence-corrected chi connectivity index (χ3v) is 11.3. The Hall–Kier alpha value is -3.04. The highest BCUT2D eigenvalue weighted by atomic mass is 35.5. The summed E-state index contributed by atoms with van der Waals surface area (Å²) < 4.78 is 46.5. The Kier molecular flexibility index (Phi) is 8.83. The Bertz CT molecular complexity index is 1650. The average molecular weight is 653 g/mol. The molecule has 3 atom stereocenters. The van der Waals surface area contributed by atoms with Crippen molar-refractivity contribution in [3.8, 4) is 11.1 Å². The average Bonchev–Trinajstić information content (AvgIpc) is 3.57. The van der Waals surface area contributed by atoms with Gasteiger partial charge in [-0.3, -0.25) is 4.90 Å². The maximum absolute atomic E-state index is 16.9. The second-order valence-electron chi connectivity index (χ2n) is 14.0. The maximum atomic E-state index is 16.9. The van der Waals surface area contributed by atoms with Crippen LogP contribution in [-0.4, -0.2) is 59.3 Å². The highest BCUT2D eigenvalue weighted by molar-refractivity contribution is 6.32. The molecule has 0 saturated carbocycles. The topological polar surface area (TPSA) is 70.3 Å². The fourth-order valence-electron chi connectivity index (χ4n) is 8.55. The highest BCUT2D eigenvalue weighted by Gasteiger charge is 2.48. The predicted octanol–water partition coefficient (Wildman–Crippen LogP) is 7.76. The van der Waals surface area contributed by atoms with Crippen molar-refractivity contribution in [3.63, 3.8) is 0 Å². The predicted molar refractivity (Wildman–Crippen MR) is 180 cm³/mol. The first kappa shape index (κ1) is 31.6. The van der Waals surface area contributed by atoms with E-state index in [1.165, 1.54) is 6.07 Å². The zero-order valence-electron chi connectivity index (χ0n) is 26.5. The molecule has 0 aliphatic carbocycles. The quantitative estimate of drug-likeness (QED) is 0.282. The van der Waals surface area contributed by atoms with Crippen LogP contribution in [0.5, 0.6) is 0 Å². The largest absolute Gasteiger partial charge is 0.396 e. The molecule has 0 amide bonds. The minimum atomic E-state index is -0.810. The lowest BCUT2D eigenvalue weighted by Crippen LogP contribution is -2.39. The summed E-state index contributed by atoms with van der Waals surface area (Å²) in [5, 5.41) is 4.11. The summed E-state index contributed by atoms with van der Waals surface area (Å²) in [6, 6.07) is 5.13. The van der Waals surface area contributed by atoms with Crippen LogP contribution < -0.4 is 16.0 Å². The Morgan fingerprint density at radius 1 is 1.02 bits per heavy atom. The molecule has 5 aliphatic heterocycles. The molecule has 3 saturated heterocycles. The van der Waals surface area contributed by atoms with E-state index in [1.54, 1.807) is 6.07 Å². The lowest BCUT2D eigenvalue weighted by atomic mass is 9.88. The van der Waals surface area contributed by atoms with Gasteiger partial charge in [0.15, 0.2) is 11.6 Å². The van der Waals surface area contributed by atoms with Crippen LogP contribution in [0.3, 0.4) is 0 Å². The van der Waals surface area contributed by atoms with E-state index in [2.05, 4.69) is 21.7 Å². The number of anilines is 2. The number of benzene rings is 2. The number of nitrogens with two attached hydrogens (primary N) is 1. The zero-order chi connectivity index (χ0) is 32.0. The van der Waals surface area contributed by atoms with E-state index in [0.29, 0.717) is 59.6 Å². The van der Waals surface area contributed by atoms with Crippen molar-refractivity contribution in [2.45, 2.75) is 88.8 Å². The van der Waals surface area contributed by atoms with E-state index in [9.17, 15) is 8.78 Å². The molecule has 5 aliphatic rings. The number of aromatic nitrogens is 2. The number of aryl methyl sites for hydroxylation is 1. The highest BCUT2D eigenvalue weighted by Crippen LogP contribution is 2.44. The normalized spacial score (nSPS) is 25.8. The first-order chi connectivity index (χ1) is 22.2. The second-order valence-corrected chi connectivity index (χ2v) is 14.3. The third kappa shape index (κ3) is 5.94. The number of piperidine rings is 1. The van der Waals surface area contributed by atoms with Crippen LogP contribution in [0.1, 0.15) is 75.6 Å². The molecule has 0 radical (unpaired) electrons. The molecule has 10 heteroatoms. The molecule has 2 unspecified atom stereocenters. The molecule has 46 heavy (non-hydrogen) atoms. The summed E-state index contributed by atoms with van der Waals surface area (Å²) in [6.07, 6.45) is 9.07. The van der Waals surface area contributed by atoms with E-state index in [4.69, 9.17) is 27.3 Å². The van der Waals surface area contributed by atoms with Gasteiger partial charge in [-0.05, 0) is 106 Å². The van der Waals surface area contributed by atoms with Gasteiger partial charge in [-0.25, -0.2) is 23.1 Å². The summed E-state index contributed by atoms with van der Waals surface area (Å²) in [5.41, 5.74) is 8.34. The molecule has 0 spiro atoms. The van der Waals surface area contributed by atoms with Crippen molar-refractivity contribution in [2.24, 2.45) is 5.92 Å². The molecule has 6 bridgehead atoms. The molecular weight excluding hydrogens is 609 g/mol. The second kappa shape index (κ2) is 12.9. The standard InChI is InChI=1S/C36H44ClF3N6/c1-22-6-2-3-8-25-28(18-29(41)33(40)31(25)37)26-9-10-27-34(32(26)39)43-30(11-14-36-13-5-17-46(36)21-24(38)19-36)44-35(27)45-16-4-7-23(20-45)12-15-42-22/h9-10,18,23-24,42H,1-8,11-17,19-21,41H2/t23?,24?,36-/m1/s1. The summed E-state index contributed by atoms with van der Waals surface area (Å²) in [6.45, 7) is 8.15. The minimum Gasteiger partial charge on any atom is -0.396 e. The van der Waals surface area contributed by atoms with Crippen molar-refractivity contribution in [2.75, 3.05) is 43.4 Å². The van der Waals surface area contributed by atoms with Gasteiger partial charge in [-0.1, -0.05) is 24.2 Å². The molecule has 2 aromatic carbocycles. The number of nitrogens with one attached hydrogen (secondary N) is 1. The molecule has 6 nitrogen and oxygen atoms in total. The number of hydrogen-bond donors (Lipinski definition) is 2. The van der Waals surface area contributed by atoms with Crippen molar-refractivity contribution < 1.29 is 13.2 Å². The molecule has 246 valence electrons. The fraction of sp³-hybridized carbons (Fsp3) is 0.556. The van der Waals surface area contributed by atoms with Crippen LogP contribution in [0.2, 0.25) is 5.02 Å². The van der Waals surface area contributed by atoms with Crippen molar-refractivity contribution in [3.05, 3.63) is 58.5 Å². The van der Waals surface area contributed by atoms with Crippen molar-refractivity contribution in [1.82, 2.24) is 20.2 Å². The Labute approximate surface area is 274 Å². The first-order valence-electron chi connectivity index (χ1n) is 17.0. The first-order valence-corrected chi connectivity index (χ1v) is 17.4. The van der Waals surface area contributed by atoms with Crippen molar-refractivity contribution >= 4 is 34.0 Å². The zero-order valence-corrected chi connectivity index (χ0v) is 27.2. The van der Waals surface area contributed by atoms with Gasteiger partial charge in [0, 0.05) is 54.8 Å². The molecule has 3 N–H and O–H groups in total. The van der Waals surface area contributed by atoms with E-state index >= 15 is 4.39 Å². The van der Waals surface area contributed by atoms with Crippen LogP contribution in [0.25, 0.3) is 22.0 Å². The molecule has 3 aromatic rings. The van der Waals surface area contributed by atoms with Gasteiger partial charge < -0.3 is 16.0 Å². The number of hydrogen-bond acceptors (Lipinski definition) is 6. The van der Waals surface area contributed by atoms with Gasteiger partial charge in [0.25, 0.3) is 0 Å². The van der Waals surface area contributed by atoms with E-state index in [-0.39, 0.29) is 21.8 Å². The monoisotopic (exact) mass is 652 g/mol. The van der Waals surface area contributed by atoms with E-state index in [1.807, 2.05) is 6.07 Å². The smallest absolute Gasteiger partial charge is 0.164 e. The van der Waals surface area contributed by atoms with Gasteiger partial charge in [0.05, 0.1) is 10.7 Å². The molecule has 6 heterocycles. The summed E-state index contributed by atoms with van der Waals surface area (Å²) >= 11 is 6.56. The Morgan fingerprint density at radius 3 is 2.74 bits per heavy atom. The van der Waals surface area contributed by atoms with Crippen LogP contribution >= 0.6 is 11.6 Å². The lowest BCUT2D eigenvalue weighted by molar-refractivity contribution is 0.181. The fourth-order valence-corrected chi connectivity index (χ4v) is 8.86. The van der Waals surface area contributed by atoms with Crippen LogP contribution in [0, 0.1) is 17.6 Å². The maximum Gasteiger partial charge on any atom is 0.164 e. The number of rotatable bonds is 3. The summed E-state index contributed by atoms with van der Waals surface area (Å²) in [5.74, 6) is 0.644. The summed E-state index contributed by atoms with van der Waals surface area (Å²) in [4.78, 5) is 14.6. The number of fused-ring (bicyclic) bond motifs is 9. The number of nitrogens with zero attached hydrogens (tertiary/aromatic N) is 4. The van der Waals surface area contributed by atoms with E-state index in [0.717, 1.165) is 95.5 Å². The molecule has 3 fully saturated rings. The van der Waals surface area contributed by atoms with Gasteiger partial charge in [0.1, 0.15) is 23.3 Å². The molecule has 8 rings (SSSR count). The van der Waals surface area contributed by atoms with Gasteiger partial charge >= 0.3 is 0 Å². The van der Waals surface area contributed by atoms with Crippen LogP contribution in [0.4, 0.5) is 24.7 Å². The number of alkyl halides is 1. The molecule has 1 aromatic heterocycles. The van der Waals surface area contributed by atoms with E-state index < -0.39 is 17.8 Å². The van der Waals surface area contributed by atoms with Gasteiger partial charge in [0.2, 0.25) is 0 Å². The van der Waals surface area contributed by atoms with Gasteiger partial charge in [-0.2, -0.15) is 0 Å². The molecular formula is C36H44ClF3N6. The number of halogens is 4. The van der Waals surface area contributed by atoms with Crippen molar-refractivity contribution in [1.29, 1.82) is 0 Å². The number of allylic oxidation sites excluding steroid dienone is 1. The minimum absolute atomic E-state index is 0.0626. The summed E-state index contributed by atoms with van der Waals surface area (Å²) in [7, 11) is 0. The van der Waals surface area contributed by atoms with Crippen LogP contribution in [-0.2, 0) is 12.8 Å². The van der Waals surface area contributed by atoms with Gasteiger partial charge in [-0.15, -0.1) is 0 Å². The number of nitrogen functional groups attached to an aromatic ring is 1. The third-order valence-electron chi connectivity index (χ3n) is 10.9. The van der Waals surface area contributed by atoms with Crippen LogP contribution in [0.15, 0.2) is 30.5 Å².